The maximum Gasteiger partial charge on any atom is 0.336 e. The number of benzene rings is 1. The number of unbranched alkanes of at least 4 members (excludes halogenated alkanes) is 1. The molecule has 1 aromatic carbocycles. The molecule has 0 aliphatic heterocycles. The van der Waals surface area contributed by atoms with E-state index in [1.54, 1.807) is 38.1 Å². The molecule has 1 rings (SSSR count). The number of carboxylic acid groups (broad SMARTS) is 1. The van der Waals surface area contributed by atoms with Gasteiger partial charge in [-0.3, -0.25) is 43.9 Å². The number of esters is 2. The number of nitrogens with zero attached hydrogens (tertiary/aromatic N) is 1. The van der Waals surface area contributed by atoms with E-state index in [2.05, 4.69) is 37.6 Å². The normalized spacial score (nSPS) is 13.6. The number of rotatable bonds is 25. The molecule has 0 bridgehead atoms. The third-order valence-corrected chi connectivity index (χ3v) is 7.92. The molecule has 298 valence electrons. The highest BCUT2D eigenvalue weighted by molar-refractivity contribution is 6.04. The summed E-state index contributed by atoms with van der Waals surface area (Å²) in [6, 6.07) is -0.274. The summed E-state index contributed by atoms with van der Waals surface area (Å²) in [7, 11) is 0. The van der Waals surface area contributed by atoms with E-state index in [9.17, 15) is 43.5 Å². The van der Waals surface area contributed by atoms with Crippen LogP contribution in [-0.2, 0) is 44.7 Å². The van der Waals surface area contributed by atoms with Crippen molar-refractivity contribution in [1.29, 1.82) is 0 Å². The minimum absolute atomic E-state index is 0.00415. The van der Waals surface area contributed by atoms with E-state index in [1.807, 2.05) is 0 Å². The lowest BCUT2D eigenvalue weighted by molar-refractivity contribution is -0.160. The summed E-state index contributed by atoms with van der Waals surface area (Å²) >= 11 is 0. The van der Waals surface area contributed by atoms with Crippen LogP contribution in [0.25, 0.3) is 0 Å². The zero-order valence-electron chi connectivity index (χ0n) is 30.8. The van der Waals surface area contributed by atoms with E-state index >= 15 is 0 Å². The molecule has 1 aromatic rings. The lowest BCUT2D eigenvalue weighted by Crippen LogP contribution is -2.60. The van der Waals surface area contributed by atoms with Crippen molar-refractivity contribution in [2.24, 2.45) is 33.8 Å². The van der Waals surface area contributed by atoms with Gasteiger partial charge in [0.15, 0.2) is 11.7 Å². The molecule has 13 N–H and O–H groups in total. The Morgan fingerprint density at radius 3 is 1.93 bits per heavy atom. The van der Waals surface area contributed by atoms with Crippen LogP contribution in [0.5, 0.6) is 0 Å². The number of nitrogens with two attached hydrogens (primary N) is 4. The highest BCUT2D eigenvalue weighted by atomic mass is 16.6. The second kappa shape index (κ2) is 23.8. The Morgan fingerprint density at radius 1 is 0.833 bits per heavy atom. The fourth-order valence-electron chi connectivity index (χ4n) is 5.10. The van der Waals surface area contributed by atoms with Crippen molar-refractivity contribution in [3.63, 3.8) is 0 Å². The van der Waals surface area contributed by atoms with Gasteiger partial charge in [0.25, 0.3) is 0 Å². The van der Waals surface area contributed by atoms with Crippen LogP contribution in [0.3, 0.4) is 0 Å². The number of allylic oxidation sites excluding steroid dienone is 1. The van der Waals surface area contributed by atoms with E-state index in [4.69, 9.17) is 22.9 Å². The van der Waals surface area contributed by atoms with Gasteiger partial charge in [-0.15, -0.1) is 0 Å². The number of carbonyl (C=O) groups is 8. The van der Waals surface area contributed by atoms with Crippen LogP contribution in [0.1, 0.15) is 75.2 Å². The van der Waals surface area contributed by atoms with Crippen molar-refractivity contribution in [3.8, 4) is 0 Å². The van der Waals surface area contributed by atoms with Gasteiger partial charge in [-0.2, -0.15) is 0 Å². The zero-order valence-corrected chi connectivity index (χ0v) is 30.8. The van der Waals surface area contributed by atoms with Gasteiger partial charge >= 0.3 is 17.9 Å². The largest absolute Gasteiger partial charge is 0.481 e. The molecule has 0 fully saturated rings. The molecule has 4 amide bonds. The molecule has 0 aliphatic carbocycles. The number of hydrogen-bond donors (Lipinski definition) is 9. The number of nitrogens with one attached hydrogen (secondary N) is 4. The first-order chi connectivity index (χ1) is 25.4. The highest BCUT2D eigenvalue weighted by Crippen LogP contribution is 2.12. The minimum Gasteiger partial charge on any atom is -0.481 e. The summed E-state index contributed by atoms with van der Waals surface area (Å²) in [5.41, 5.74) is 22.9. The number of ether oxygens (including phenoxy) is 1. The van der Waals surface area contributed by atoms with Crippen molar-refractivity contribution in [2.75, 3.05) is 13.1 Å². The van der Waals surface area contributed by atoms with Crippen LogP contribution in [0.15, 0.2) is 41.9 Å². The molecule has 0 saturated heterocycles. The van der Waals surface area contributed by atoms with Crippen LogP contribution in [0.2, 0.25) is 0 Å². The molecule has 19 heteroatoms. The van der Waals surface area contributed by atoms with Crippen LogP contribution >= 0.6 is 0 Å². The summed E-state index contributed by atoms with van der Waals surface area (Å²) in [4.78, 5) is 105. The molecular formula is C35H53N9O10. The van der Waals surface area contributed by atoms with Crippen LogP contribution in [-0.4, -0.2) is 102 Å². The molecule has 5 atom stereocenters. The van der Waals surface area contributed by atoms with Crippen molar-refractivity contribution in [3.05, 3.63) is 48.0 Å². The molecule has 0 aliphatic rings. The van der Waals surface area contributed by atoms with E-state index in [-0.39, 0.29) is 50.5 Å². The third kappa shape index (κ3) is 17.2. The minimum atomic E-state index is -1.69. The number of ketones is 1. The van der Waals surface area contributed by atoms with Crippen LogP contribution in [0.4, 0.5) is 0 Å². The van der Waals surface area contributed by atoms with Gasteiger partial charge in [-0.1, -0.05) is 44.7 Å². The molecule has 0 radical (unpaired) electrons. The number of guanidine groups is 1. The van der Waals surface area contributed by atoms with Crippen molar-refractivity contribution in [1.82, 2.24) is 21.3 Å². The van der Waals surface area contributed by atoms with E-state index in [0.717, 1.165) is 13.0 Å². The van der Waals surface area contributed by atoms with Gasteiger partial charge in [0, 0.05) is 19.0 Å². The molecule has 0 heterocycles. The smallest absolute Gasteiger partial charge is 0.336 e. The summed E-state index contributed by atoms with van der Waals surface area (Å²) in [6.45, 7) is 8.11. The Labute approximate surface area is 313 Å². The van der Waals surface area contributed by atoms with Crippen molar-refractivity contribution >= 4 is 53.3 Å². The number of aliphatic carboxylic acids is 1. The molecule has 0 spiro atoms. The third-order valence-electron chi connectivity index (χ3n) is 7.92. The summed E-state index contributed by atoms with van der Waals surface area (Å²) < 4.78 is 4.67. The fourth-order valence-corrected chi connectivity index (χ4v) is 5.10. The Bertz CT molecular complexity index is 1530. The fraction of sp³-hybridized carbons (Fsp3) is 0.514. The molecule has 19 nitrogen and oxygen atoms in total. The standard InChI is InChI=1S/C35H53N9O10/c1-5-27(46)22-13-11-21(12-14-22)17-25(30(37)49)41-29(19(2)3)33(52)44-26(18-28(47)48)32(51)42-23(9-6-7-15-36)31(50)43-24(34(53)54-20(4)45)10-8-16-40-35(38)39/h5,11-14,19,23-26,29,41H,1,6-10,15-18,36H2,2-4H3,(H2,37,49)(H,42,51)(H,43,50)(H,44,52)(H,47,48)(H4,38,39,40)/t23-,24-,25-,26-,29-/m0/s1. The van der Waals surface area contributed by atoms with Gasteiger partial charge in [0.05, 0.1) is 18.5 Å². The van der Waals surface area contributed by atoms with Crippen LogP contribution in [0, 0.1) is 5.92 Å². The Balaban J connectivity index is 3.26. The second-order valence-electron chi connectivity index (χ2n) is 12.7. The second-order valence-corrected chi connectivity index (χ2v) is 12.7. The topological polar surface area (TPSA) is 331 Å². The first-order valence-corrected chi connectivity index (χ1v) is 17.3. The number of primary amides is 1. The summed E-state index contributed by atoms with van der Waals surface area (Å²) in [5.74, 6) is -7.94. The Hall–Kier alpha value is -5.69. The molecular weight excluding hydrogens is 706 g/mol. The number of aliphatic imine (C=N–C) groups is 1. The Kier molecular flexibility index (Phi) is 20.4. The maximum absolute atomic E-state index is 13.6. The van der Waals surface area contributed by atoms with Gasteiger partial charge in [0.2, 0.25) is 23.6 Å². The predicted octanol–water partition coefficient (Wildman–Crippen LogP) is -1.73. The number of carbonyl (C=O) groups excluding carboxylic acids is 7. The molecule has 0 unspecified atom stereocenters. The number of hydrogen-bond acceptors (Lipinski definition) is 12. The first-order valence-electron chi connectivity index (χ1n) is 17.3. The average molecular weight is 760 g/mol. The lowest BCUT2D eigenvalue weighted by atomic mass is 9.98. The summed E-state index contributed by atoms with van der Waals surface area (Å²) in [5, 5.41) is 19.8. The number of carboxylic acids is 1. The van der Waals surface area contributed by atoms with E-state index < -0.39 is 84.1 Å². The molecule has 0 aromatic heterocycles. The molecule has 0 saturated carbocycles. The van der Waals surface area contributed by atoms with Gasteiger partial charge in [-0.05, 0) is 62.6 Å². The Morgan fingerprint density at radius 2 is 1.41 bits per heavy atom. The first kappa shape index (κ1) is 46.3. The van der Waals surface area contributed by atoms with E-state index in [1.165, 1.54) is 0 Å². The predicted molar refractivity (Wildman–Crippen MR) is 197 cm³/mol. The number of amides is 4. The average Bonchev–Trinajstić information content (AvgIpc) is 3.09. The SMILES string of the molecule is C=CC(=O)c1ccc(C[C@H](N[C@H](C(=O)N[C@@H](CC(=O)O)C(=O)N[C@@H](CCCCN)C(=O)N[C@@H](CCCN=C(N)N)C(=O)OC(C)=O)C(C)C)C(N)=O)cc1. The van der Waals surface area contributed by atoms with Crippen molar-refractivity contribution < 1.29 is 48.2 Å². The highest BCUT2D eigenvalue weighted by Gasteiger charge is 2.34. The monoisotopic (exact) mass is 759 g/mol. The quantitative estimate of drug-likeness (QED) is 0.0102. The van der Waals surface area contributed by atoms with Gasteiger partial charge in [-0.25, -0.2) is 4.79 Å². The summed E-state index contributed by atoms with van der Waals surface area (Å²) in [6.07, 6.45) is 1.24. The lowest BCUT2D eigenvalue weighted by Gasteiger charge is -2.29. The maximum atomic E-state index is 13.6. The molecule has 54 heavy (non-hydrogen) atoms. The van der Waals surface area contributed by atoms with Gasteiger partial charge in [0.1, 0.15) is 18.1 Å². The van der Waals surface area contributed by atoms with Gasteiger partial charge < -0.3 is 48.7 Å². The van der Waals surface area contributed by atoms with E-state index in [0.29, 0.717) is 24.0 Å². The zero-order chi connectivity index (χ0) is 41.0. The van der Waals surface area contributed by atoms with Crippen molar-refractivity contribution in [2.45, 2.75) is 95.9 Å². The van der Waals surface area contributed by atoms with Crippen LogP contribution < -0.4 is 44.2 Å².